The Bertz CT molecular complexity index is 752. The predicted octanol–water partition coefficient (Wildman–Crippen LogP) is 1.95. The van der Waals surface area contributed by atoms with Crippen LogP contribution in [0.25, 0.3) is 0 Å². The van der Waals surface area contributed by atoms with Gasteiger partial charge in [-0.05, 0) is 35.4 Å². The van der Waals surface area contributed by atoms with E-state index >= 15 is 0 Å². The summed E-state index contributed by atoms with van der Waals surface area (Å²) in [5.41, 5.74) is 1.73. The Kier molecular flexibility index (Phi) is 5.31. The summed E-state index contributed by atoms with van der Waals surface area (Å²) in [5.74, 6) is -0.436. The van der Waals surface area contributed by atoms with Crippen LogP contribution in [0.3, 0.4) is 0 Å². The molecule has 1 N–H and O–H groups in total. The third-order valence-electron chi connectivity index (χ3n) is 4.17. The Morgan fingerprint density at radius 2 is 1.96 bits per heavy atom. The molecule has 2 amide bonds. The third kappa shape index (κ3) is 3.97. The molecule has 0 radical (unpaired) electrons. The fourth-order valence-corrected chi connectivity index (χ4v) is 2.91. The largest absolute Gasteiger partial charge is 0.356 e. The first-order valence-corrected chi connectivity index (χ1v) is 8.23. The number of amides is 2. The van der Waals surface area contributed by atoms with Crippen molar-refractivity contribution in [3.63, 3.8) is 0 Å². The van der Waals surface area contributed by atoms with Gasteiger partial charge in [-0.2, -0.15) is 0 Å². The lowest BCUT2D eigenvalue weighted by Gasteiger charge is -2.38. The Morgan fingerprint density at radius 1 is 1.28 bits per heavy atom. The van der Waals surface area contributed by atoms with Crippen LogP contribution < -0.4 is 5.32 Å². The highest BCUT2D eigenvalue weighted by Gasteiger charge is 2.39. The van der Waals surface area contributed by atoms with Crippen LogP contribution in [0.15, 0.2) is 48.8 Å². The molecule has 6 nitrogen and oxygen atoms in total. The summed E-state index contributed by atoms with van der Waals surface area (Å²) in [5, 5.41) is 3.45. The Morgan fingerprint density at radius 3 is 2.64 bits per heavy atom. The molecule has 7 heteroatoms. The standard InChI is InChI=1S/C18H18ClN3O3/c1-22-15(23)11-25-17(16(22)13-2-4-14(19)5-3-13)18(24)21-10-12-6-8-20-9-7-12/h2-9,16-17H,10-11H2,1H3,(H,21,24)/t16-,17+/m0/s1. The van der Waals surface area contributed by atoms with Gasteiger partial charge < -0.3 is 15.0 Å². The summed E-state index contributed by atoms with van der Waals surface area (Å²) in [6.45, 7) is 0.250. The van der Waals surface area contributed by atoms with Crippen molar-refractivity contribution in [3.05, 3.63) is 64.9 Å². The number of carbonyl (C=O) groups excluding carboxylic acids is 2. The summed E-state index contributed by atoms with van der Waals surface area (Å²) in [7, 11) is 1.67. The zero-order valence-corrected chi connectivity index (χ0v) is 14.4. The van der Waals surface area contributed by atoms with Crippen molar-refractivity contribution in [2.45, 2.75) is 18.7 Å². The average molecular weight is 360 g/mol. The molecule has 1 saturated heterocycles. The van der Waals surface area contributed by atoms with E-state index in [0.29, 0.717) is 11.6 Å². The van der Waals surface area contributed by atoms with Crippen LogP contribution in [0.1, 0.15) is 17.2 Å². The van der Waals surface area contributed by atoms with Gasteiger partial charge in [-0.1, -0.05) is 23.7 Å². The van der Waals surface area contributed by atoms with Gasteiger partial charge in [0, 0.05) is 31.0 Å². The quantitative estimate of drug-likeness (QED) is 0.905. The summed E-state index contributed by atoms with van der Waals surface area (Å²) >= 11 is 5.94. The van der Waals surface area contributed by atoms with Gasteiger partial charge in [0.2, 0.25) is 5.91 Å². The van der Waals surface area contributed by atoms with Crippen molar-refractivity contribution in [1.82, 2.24) is 15.2 Å². The highest BCUT2D eigenvalue weighted by molar-refractivity contribution is 6.30. The van der Waals surface area contributed by atoms with Gasteiger partial charge in [0.25, 0.3) is 5.91 Å². The zero-order valence-electron chi connectivity index (χ0n) is 13.7. The van der Waals surface area contributed by atoms with Gasteiger partial charge in [-0.25, -0.2) is 0 Å². The minimum absolute atomic E-state index is 0.117. The van der Waals surface area contributed by atoms with Gasteiger partial charge in [-0.15, -0.1) is 0 Å². The molecule has 2 heterocycles. The molecule has 1 aliphatic rings. The summed E-state index contributed by atoms with van der Waals surface area (Å²) in [6, 6.07) is 10.2. The lowest BCUT2D eigenvalue weighted by molar-refractivity contribution is -0.162. The number of benzene rings is 1. The summed E-state index contributed by atoms with van der Waals surface area (Å²) in [6.07, 6.45) is 2.55. The molecule has 0 saturated carbocycles. The van der Waals surface area contributed by atoms with Gasteiger partial charge in [0.05, 0.1) is 6.04 Å². The monoisotopic (exact) mass is 359 g/mol. The number of halogens is 1. The van der Waals surface area contributed by atoms with Gasteiger partial charge >= 0.3 is 0 Å². The number of aromatic nitrogens is 1. The first-order valence-electron chi connectivity index (χ1n) is 7.85. The van der Waals surface area contributed by atoms with E-state index in [1.807, 2.05) is 12.1 Å². The number of morpholine rings is 1. The predicted molar refractivity (Wildman–Crippen MR) is 92.8 cm³/mol. The zero-order chi connectivity index (χ0) is 17.8. The molecule has 2 atom stereocenters. The number of nitrogens with one attached hydrogen (secondary N) is 1. The molecular formula is C18H18ClN3O3. The van der Waals surface area contributed by atoms with Gasteiger partial charge in [0.1, 0.15) is 6.61 Å². The van der Waals surface area contributed by atoms with E-state index in [1.54, 1.807) is 48.6 Å². The van der Waals surface area contributed by atoms with Crippen LogP contribution >= 0.6 is 11.6 Å². The molecule has 0 aliphatic carbocycles. The van der Waals surface area contributed by atoms with E-state index < -0.39 is 12.1 Å². The second kappa shape index (κ2) is 7.63. The Balaban J connectivity index is 1.78. The summed E-state index contributed by atoms with van der Waals surface area (Å²) < 4.78 is 5.56. The maximum absolute atomic E-state index is 12.7. The highest BCUT2D eigenvalue weighted by atomic mass is 35.5. The normalized spacial score (nSPS) is 20.4. The van der Waals surface area contributed by atoms with Crippen molar-refractivity contribution >= 4 is 23.4 Å². The fraction of sp³-hybridized carbons (Fsp3) is 0.278. The molecular weight excluding hydrogens is 342 g/mol. The van der Waals surface area contributed by atoms with E-state index in [1.165, 1.54) is 0 Å². The van der Waals surface area contributed by atoms with Crippen molar-refractivity contribution in [1.29, 1.82) is 0 Å². The van der Waals surface area contributed by atoms with Crippen molar-refractivity contribution < 1.29 is 14.3 Å². The number of carbonyl (C=O) groups is 2. The molecule has 1 aromatic heterocycles. The average Bonchev–Trinajstić information content (AvgIpc) is 2.63. The van der Waals surface area contributed by atoms with Crippen molar-refractivity contribution in [2.75, 3.05) is 13.7 Å². The maximum Gasteiger partial charge on any atom is 0.251 e. The van der Waals surface area contributed by atoms with E-state index in [9.17, 15) is 9.59 Å². The highest BCUT2D eigenvalue weighted by Crippen LogP contribution is 2.30. The fourth-order valence-electron chi connectivity index (χ4n) is 2.78. The molecule has 130 valence electrons. The topological polar surface area (TPSA) is 71.5 Å². The molecule has 0 spiro atoms. The second-order valence-electron chi connectivity index (χ2n) is 5.81. The number of hydrogen-bond donors (Lipinski definition) is 1. The van der Waals surface area contributed by atoms with Crippen LogP contribution in [0.4, 0.5) is 0 Å². The molecule has 1 aromatic carbocycles. The second-order valence-corrected chi connectivity index (χ2v) is 6.24. The van der Waals surface area contributed by atoms with Gasteiger partial charge in [-0.3, -0.25) is 14.6 Å². The number of hydrogen-bond acceptors (Lipinski definition) is 4. The first-order chi connectivity index (χ1) is 12.1. The van der Waals surface area contributed by atoms with Crippen LogP contribution in [0.2, 0.25) is 5.02 Å². The van der Waals surface area contributed by atoms with Crippen LogP contribution in [-0.4, -0.2) is 41.5 Å². The molecule has 0 bridgehead atoms. The molecule has 3 rings (SSSR count). The van der Waals surface area contributed by atoms with Gasteiger partial charge in [0.15, 0.2) is 6.10 Å². The van der Waals surface area contributed by atoms with Crippen LogP contribution in [-0.2, 0) is 20.9 Å². The lowest BCUT2D eigenvalue weighted by atomic mass is 9.97. The van der Waals surface area contributed by atoms with E-state index in [2.05, 4.69) is 10.3 Å². The van der Waals surface area contributed by atoms with E-state index in [4.69, 9.17) is 16.3 Å². The Hall–Kier alpha value is -2.44. The third-order valence-corrected chi connectivity index (χ3v) is 4.42. The molecule has 1 fully saturated rings. The van der Waals surface area contributed by atoms with E-state index in [0.717, 1.165) is 11.1 Å². The minimum Gasteiger partial charge on any atom is -0.356 e. The molecule has 2 aromatic rings. The molecule has 25 heavy (non-hydrogen) atoms. The number of rotatable bonds is 4. The maximum atomic E-state index is 12.7. The SMILES string of the molecule is CN1C(=O)CO[C@@H](C(=O)NCc2ccncc2)[C@@H]1c1ccc(Cl)cc1. The first kappa shape index (κ1) is 17.4. The lowest BCUT2D eigenvalue weighted by Crippen LogP contribution is -2.52. The van der Waals surface area contributed by atoms with E-state index in [-0.39, 0.29) is 18.4 Å². The number of pyridine rings is 1. The number of likely N-dealkylation sites (N-methyl/N-ethyl adjacent to an activating group) is 1. The smallest absolute Gasteiger partial charge is 0.251 e. The van der Waals surface area contributed by atoms with Crippen LogP contribution in [0, 0.1) is 0 Å². The Labute approximate surface area is 150 Å². The molecule has 1 aliphatic heterocycles. The number of nitrogens with zero attached hydrogens (tertiary/aromatic N) is 2. The minimum atomic E-state index is -0.786. The van der Waals surface area contributed by atoms with Crippen molar-refractivity contribution in [3.8, 4) is 0 Å². The van der Waals surface area contributed by atoms with Crippen LogP contribution in [0.5, 0.6) is 0 Å². The van der Waals surface area contributed by atoms with Crippen molar-refractivity contribution in [2.24, 2.45) is 0 Å². The number of ether oxygens (including phenoxy) is 1. The summed E-state index contributed by atoms with van der Waals surface area (Å²) in [4.78, 5) is 30.2. The molecule has 0 unspecified atom stereocenters.